The zero-order valence-corrected chi connectivity index (χ0v) is 13.5. The maximum absolute atomic E-state index is 6.03. The molecular weight excluding hydrogens is 282 g/mol. The molecule has 2 rings (SSSR count). The molecule has 0 fully saturated rings. The molecule has 2 atom stereocenters. The molecule has 0 amide bonds. The van der Waals surface area contributed by atoms with Gasteiger partial charge in [-0.15, -0.1) is 0 Å². The van der Waals surface area contributed by atoms with Gasteiger partial charge in [0.15, 0.2) is 0 Å². The number of nitrogens with one attached hydrogen (secondary N) is 1. The summed E-state index contributed by atoms with van der Waals surface area (Å²) in [6.07, 6.45) is 0.953. The fourth-order valence-corrected chi connectivity index (χ4v) is 2.72. The first-order valence-corrected chi connectivity index (χ1v) is 7.60. The molecule has 0 aliphatic rings. The van der Waals surface area contributed by atoms with E-state index in [0.29, 0.717) is 6.04 Å². The summed E-state index contributed by atoms with van der Waals surface area (Å²) in [4.78, 5) is 0. The highest BCUT2D eigenvalue weighted by Crippen LogP contribution is 2.20. The molecule has 1 N–H and O–H groups in total. The van der Waals surface area contributed by atoms with Gasteiger partial charge >= 0.3 is 0 Å². The minimum Gasteiger partial charge on any atom is -0.497 e. The smallest absolute Gasteiger partial charge is 0.119 e. The SMILES string of the molecule is COc1cccc(C(C)NC(C)Cc2cccc(Cl)c2)c1. The summed E-state index contributed by atoms with van der Waals surface area (Å²) in [7, 11) is 1.69. The minimum atomic E-state index is 0.272. The second-order valence-electron chi connectivity index (χ2n) is 5.40. The summed E-state index contributed by atoms with van der Waals surface area (Å²) in [5.41, 5.74) is 2.48. The lowest BCUT2D eigenvalue weighted by molar-refractivity contribution is 0.412. The van der Waals surface area contributed by atoms with Crippen LogP contribution < -0.4 is 10.1 Å². The first kappa shape index (κ1) is 15.9. The molecule has 2 unspecified atom stereocenters. The van der Waals surface area contributed by atoms with E-state index in [4.69, 9.17) is 16.3 Å². The van der Waals surface area contributed by atoms with Crippen LogP contribution in [0.1, 0.15) is 31.0 Å². The Labute approximate surface area is 132 Å². The van der Waals surface area contributed by atoms with Crippen molar-refractivity contribution in [1.82, 2.24) is 5.32 Å². The van der Waals surface area contributed by atoms with Gasteiger partial charge in [-0.2, -0.15) is 0 Å². The third-order valence-corrected chi connectivity index (χ3v) is 3.79. The van der Waals surface area contributed by atoms with Crippen LogP contribution >= 0.6 is 11.6 Å². The normalized spacial score (nSPS) is 13.7. The van der Waals surface area contributed by atoms with Crippen molar-refractivity contribution in [3.05, 3.63) is 64.7 Å². The molecule has 0 spiro atoms. The quantitative estimate of drug-likeness (QED) is 0.840. The van der Waals surface area contributed by atoms with Gasteiger partial charge in [0.25, 0.3) is 0 Å². The fourth-order valence-electron chi connectivity index (χ4n) is 2.51. The van der Waals surface area contributed by atoms with Crippen LogP contribution in [-0.4, -0.2) is 13.2 Å². The number of hydrogen-bond donors (Lipinski definition) is 1. The van der Waals surface area contributed by atoms with E-state index in [-0.39, 0.29) is 6.04 Å². The van der Waals surface area contributed by atoms with Crippen LogP contribution in [0.5, 0.6) is 5.75 Å². The Morgan fingerprint density at radius 1 is 1.10 bits per heavy atom. The molecule has 0 radical (unpaired) electrons. The molecule has 2 nitrogen and oxygen atoms in total. The van der Waals surface area contributed by atoms with E-state index in [9.17, 15) is 0 Å². The predicted octanol–water partition coefficient (Wildman–Crippen LogP) is 4.63. The van der Waals surface area contributed by atoms with Gasteiger partial charge in [-0.05, 0) is 55.7 Å². The average Bonchev–Trinajstić information content (AvgIpc) is 2.47. The van der Waals surface area contributed by atoms with Crippen LogP contribution in [0.25, 0.3) is 0 Å². The van der Waals surface area contributed by atoms with Crippen molar-refractivity contribution in [2.75, 3.05) is 7.11 Å². The van der Waals surface area contributed by atoms with Crippen LogP contribution in [0.4, 0.5) is 0 Å². The molecule has 0 saturated carbocycles. The molecule has 0 heterocycles. The molecule has 0 aliphatic heterocycles. The van der Waals surface area contributed by atoms with Gasteiger partial charge in [0.05, 0.1) is 7.11 Å². The van der Waals surface area contributed by atoms with Gasteiger partial charge in [0.2, 0.25) is 0 Å². The number of benzene rings is 2. The van der Waals surface area contributed by atoms with Gasteiger partial charge in [-0.25, -0.2) is 0 Å². The number of ether oxygens (including phenoxy) is 1. The highest BCUT2D eigenvalue weighted by molar-refractivity contribution is 6.30. The van der Waals surface area contributed by atoms with Crippen LogP contribution in [-0.2, 0) is 6.42 Å². The lowest BCUT2D eigenvalue weighted by Gasteiger charge is -2.21. The molecule has 2 aromatic carbocycles. The monoisotopic (exact) mass is 303 g/mol. The average molecular weight is 304 g/mol. The standard InChI is InChI=1S/C18H22ClNO/c1-13(10-15-6-4-8-17(19)11-15)20-14(2)16-7-5-9-18(12-16)21-3/h4-9,11-14,20H,10H2,1-3H3. The highest BCUT2D eigenvalue weighted by Gasteiger charge is 2.11. The van der Waals surface area contributed by atoms with Crippen LogP contribution in [0, 0.1) is 0 Å². The van der Waals surface area contributed by atoms with Crippen LogP contribution in [0.15, 0.2) is 48.5 Å². The number of rotatable bonds is 6. The van der Waals surface area contributed by atoms with Crippen molar-refractivity contribution >= 4 is 11.6 Å². The Kier molecular flexibility index (Phi) is 5.66. The summed E-state index contributed by atoms with van der Waals surface area (Å²) in [6, 6.07) is 16.9. The maximum atomic E-state index is 6.03. The first-order chi connectivity index (χ1) is 10.1. The van der Waals surface area contributed by atoms with Crippen molar-refractivity contribution < 1.29 is 4.74 Å². The van der Waals surface area contributed by atoms with E-state index < -0.39 is 0 Å². The second-order valence-corrected chi connectivity index (χ2v) is 5.84. The molecule has 0 aromatic heterocycles. The Morgan fingerprint density at radius 2 is 1.86 bits per heavy atom. The summed E-state index contributed by atoms with van der Waals surface area (Å²) >= 11 is 6.03. The van der Waals surface area contributed by atoms with E-state index in [2.05, 4.69) is 37.4 Å². The third kappa shape index (κ3) is 4.76. The molecule has 0 saturated heterocycles. The van der Waals surface area contributed by atoms with Gasteiger partial charge in [-0.1, -0.05) is 35.9 Å². The van der Waals surface area contributed by atoms with Gasteiger partial charge in [0, 0.05) is 17.1 Å². The fraction of sp³-hybridized carbons (Fsp3) is 0.333. The second kappa shape index (κ2) is 7.48. The molecule has 112 valence electrons. The number of halogens is 1. The van der Waals surface area contributed by atoms with Crippen LogP contribution in [0.3, 0.4) is 0 Å². The van der Waals surface area contributed by atoms with Gasteiger partial charge < -0.3 is 10.1 Å². The Hall–Kier alpha value is -1.51. The van der Waals surface area contributed by atoms with Crippen molar-refractivity contribution in [2.45, 2.75) is 32.4 Å². The minimum absolute atomic E-state index is 0.272. The summed E-state index contributed by atoms with van der Waals surface area (Å²) in [5.74, 6) is 0.892. The highest BCUT2D eigenvalue weighted by atomic mass is 35.5. The Morgan fingerprint density at radius 3 is 2.57 bits per heavy atom. The molecule has 2 aromatic rings. The van der Waals surface area contributed by atoms with Gasteiger partial charge in [-0.3, -0.25) is 0 Å². The van der Waals surface area contributed by atoms with Gasteiger partial charge in [0.1, 0.15) is 5.75 Å². The lowest BCUT2D eigenvalue weighted by Crippen LogP contribution is -2.30. The van der Waals surface area contributed by atoms with Crippen molar-refractivity contribution in [2.24, 2.45) is 0 Å². The molecule has 3 heteroatoms. The van der Waals surface area contributed by atoms with E-state index in [1.54, 1.807) is 7.11 Å². The van der Waals surface area contributed by atoms with Crippen molar-refractivity contribution in [3.8, 4) is 5.75 Å². The molecule has 0 aliphatic carbocycles. The zero-order valence-electron chi connectivity index (χ0n) is 12.8. The number of methoxy groups -OCH3 is 1. The predicted molar refractivity (Wildman–Crippen MR) is 89.2 cm³/mol. The van der Waals surface area contributed by atoms with Crippen molar-refractivity contribution in [3.63, 3.8) is 0 Å². The summed E-state index contributed by atoms with van der Waals surface area (Å²) in [5, 5.41) is 4.41. The van der Waals surface area contributed by atoms with E-state index in [1.165, 1.54) is 11.1 Å². The van der Waals surface area contributed by atoms with E-state index in [1.807, 2.05) is 30.3 Å². The zero-order chi connectivity index (χ0) is 15.2. The van der Waals surface area contributed by atoms with Crippen molar-refractivity contribution in [1.29, 1.82) is 0 Å². The third-order valence-electron chi connectivity index (χ3n) is 3.56. The first-order valence-electron chi connectivity index (χ1n) is 7.23. The lowest BCUT2D eigenvalue weighted by atomic mass is 10.0. The molecule has 21 heavy (non-hydrogen) atoms. The largest absolute Gasteiger partial charge is 0.497 e. The van der Waals surface area contributed by atoms with Crippen LogP contribution in [0.2, 0.25) is 5.02 Å². The molecule has 0 bridgehead atoms. The Bertz CT molecular complexity index is 585. The molecular formula is C18H22ClNO. The van der Waals surface area contributed by atoms with E-state index in [0.717, 1.165) is 17.2 Å². The summed E-state index contributed by atoms with van der Waals surface area (Å²) < 4.78 is 5.28. The topological polar surface area (TPSA) is 21.3 Å². The maximum Gasteiger partial charge on any atom is 0.119 e. The van der Waals surface area contributed by atoms with E-state index >= 15 is 0 Å². The summed E-state index contributed by atoms with van der Waals surface area (Å²) in [6.45, 7) is 4.36. The Balaban J connectivity index is 1.96. The number of hydrogen-bond acceptors (Lipinski definition) is 2.